The molecule has 2 heterocycles. The molecular formula is C21H22N2O2S2. The van der Waals surface area contributed by atoms with Gasteiger partial charge in [-0.25, -0.2) is 4.98 Å². The summed E-state index contributed by atoms with van der Waals surface area (Å²) in [6.07, 6.45) is 3.14. The molecule has 4 nitrogen and oxygen atoms in total. The Balaban J connectivity index is 1.69. The van der Waals surface area contributed by atoms with Crippen LogP contribution >= 0.6 is 23.1 Å². The molecule has 4 rings (SSSR count). The van der Waals surface area contributed by atoms with E-state index in [0.29, 0.717) is 5.16 Å². The van der Waals surface area contributed by atoms with Crippen LogP contribution in [0.5, 0.6) is 0 Å². The van der Waals surface area contributed by atoms with Crippen molar-refractivity contribution in [2.24, 2.45) is 7.05 Å². The second-order valence-electron chi connectivity index (χ2n) is 7.24. The summed E-state index contributed by atoms with van der Waals surface area (Å²) < 4.78 is 1.60. The second-order valence-corrected chi connectivity index (χ2v) is 9.63. The zero-order chi connectivity index (χ0) is 19.3. The first-order valence-corrected chi connectivity index (χ1v) is 10.9. The molecule has 0 saturated heterocycles. The number of hydrogen-bond donors (Lipinski definition) is 0. The van der Waals surface area contributed by atoms with Crippen molar-refractivity contribution in [3.63, 3.8) is 0 Å². The molecule has 1 unspecified atom stereocenters. The van der Waals surface area contributed by atoms with E-state index < -0.39 is 0 Å². The third kappa shape index (κ3) is 3.15. The molecule has 1 aliphatic rings. The van der Waals surface area contributed by atoms with Gasteiger partial charge in [-0.1, -0.05) is 29.5 Å². The van der Waals surface area contributed by atoms with E-state index in [1.807, 2.05) is 39.0 Å². The number of ketones is 1. The zero-order valence-electron chi connectivity index (χ0n) is 16.0. The normalized spacial score (nSPS) is 14.5. The number of aryl methyl sites for hydroxylation is 4. The molecule has 0 N–H and O–H groups in total. The Bertz CT molecular complexity index is 1130. The van der Waals surface area contributed by atoms with E-state index >= 15 is 0 Å². The van der Waals surface area contributed by atoms with Crippen molar-refractivity contribution in [1.82, 2.24) is 9.55 Å². The maximum Gasteiger partial charge on any atom is 0.262 e. The average Bonchev–Trinajstić information content (AvgIpc) is 3.21. The maximum absolute atomic E-state index is 13.0. The van der Waals surface area contributed by atoms with Gasteiger partial charge in [-0.2, -0.15) is 0 Å². The number of fused-ring (bicyclic) bond motifs is 3. The largest absolute Gasteiger partial charge is 0.293 e. The van der Waals surface area contributed by atoms with Gasteiger partial charge in [0.25, 0.3) is 5.56 Å². The van der Waals surface area contributed by atoms with Gasteiger partial charge >= 0.3 is 0 Å². The molecule has 0 saturated carbocycles. The van der Waals surface area contributed by atoms with Crippen LogP contribution in [0.1, 0.15) is 45.3 Å². The molecule has 0 spiro atoms. The topological polar surface area (TPSA) is 52.0 Å². The van der Waals surface area contributed by atoms with Gasteiger partial charge < -0.3 is 0 Å². The second kappa shape index (κ2) is 6.91. The van der Waals surface area contributed by atoms with Gasteiger partial charge in [-0.05, 0) is 57.2 Å². The quantitative estimate of drug-likeness (QED) is 0.370. The first-order valence-electron chi connectivity index (χ1n) is 9.16. The number of thiophene rings is 1. The van der Waals surface area contributed by atoms with Gasteiger partial charge in [-0.3, -0.25) is 14.2 Å². The highest BCUT2D eigenvalue weighted by Gasteiger charge is 2.25. The Morgan fingerprint density at radius 3 is 2.85 bits per heavy atom. The summed E-state index contributed by atoms with van der Waals surface area (Å²) in [5, 5.41) is 1.08. The van der Waals surface area contributed by atoms with Crippen LogP contribution in [0.3, 0.4) is 0 Å². The summed E-state index contributed by atoms with van der Waals surface area (Å²) in [6, 6.07) is 5.93. The van der Waals surface area contributed by atoms with E-state index in [1.54, 1.807) is 23.0 Å². The Hall–Kier alpha value is -1.92. The minimum absolute atomic E-state index is 0.00767. The Morgan fingerprint density at radius 1 is 1.30 bits per heavy atom. The highest BCUT2D eigenvalue weighted by atomic mass is 32.2. The predicted octanol–water partition coefficient (Wildman–Crippen LogP) is 4.46. The number of nitrogens with zero attached hydrogens (tertiary/aromatic N) is 2. The van der Waals surface area contributed by atoms with E-state index in [9.17, 15) is 9.59 Å². The molecule has 6 heteroatoms. The lowest BCUT2D eigenvalue weighted by Crippen LogP contribution is -2.22. The van der Waals surface area contributed by atoms with Crippen molar-refractivity contribution in [3.05, 3.63) is 55.7 Å². The van der Waals surface area contributed by atoms with E-state index in [0.717, 1.165) is 46.2 Å². The minimum Gasteiger partial charge on any atom is -0.293 e. The highest BCUT2D eigenvalue weighted by Crippen LogP contribution is 2.36. The van der Waals surface area contributed by atoms with Crippen LogP contribution in [-0.2, 0) is 19.9 Å². The Kier molecular flexibility index (Phi) is 4.72. The molecule has 1 aromatic carbocycles. The van der Waals surface area contributed by atoms with Crippen LogP contribution in [-0.4, -0.2) is 20.6 Å². The van der Waals surface area contributed by atoms with Crippen LogP contribution in [0.15, 0.2) is 28.2 Å². The van der Waals surface area contributed by atoms with Gasteiger partial charge in [0.15, 0.2) is 10.9 Å². The Morgan fingerprint density at radius 2 is 2.07 bits per heavy atom. The van der Waals surface area contributed by atoms with Gasteiger partial charge in [0.1, 0.15) is 4.83 Å². The molecule has 1 aliphatic carbocycles. The number of carbonyl (C=O) groups excluding carboxylic acids is 1. The number of carbonyl (C=O) groups is 1. The van der Waals surface area contributed by atoms with E-state index in [-0.39, 0.29) is 16.6 Å². The average molecular weight is 399 g/mol. The number of thioether (sulfide) groups is 1. The number of benzene rings is 1. The number of hydrogen-bond acceptors (Lipinski definition) is 5. The molecule has 0 amide bonds. The first-order chi connectivity index (χ1) is 12.9. The molecular weight excluding hydrogens is 376 g/mol. The summed E-state index contributed by atoms with van der Waals surface area (Å²) in [5.41, 5.74) is 4.00. The summed E-state index contributed by atoms with van der Waals surface area (Å²) in [6.45, 7) is 5.83. The summed E-state index contributed by atoms with van der Waals surface area (Å²) in [7, 11) is 1.76. The molecule has 2 aromatic heterocycles. The van der Waals surface area contributed by atoms with Gasteiger partial charge in [-0.15, -0.1) is 11.3 Å². The number of Topliss-reactive ketones (excluding diaryl/α,β-unsaturated/α-hetero) is 1. The standard InChI is InChI=1S/C21H22N2O2S2/c1-11-8-9-12(2)15(10-11)18(24)13(3)26-21-22-19-17(20(25)23(21)4)14-6-5-7-16(14)27-19/h8-10,13H,5-7H2,1-4H3. The monoisotopic (exact) mass is 398 g/mol. The molecule has 27 heavy (non-hydrogen) atoms. The fraction of sp³-hybridized carbons (Fsp3) is 0.381. The lowest BCUT2D eigenvalue weighted by atomic mass is 10.0. The van der Waals surface area contributed by atoms with Crippen molar-refractivity contribution in [1.29, 1.82) is 0 Å². The number of rotatable bonds is 4. The smallest absolute Gasteiger partial charge is 0.262 e. The van der Waals surface area contributed by atoms with Crippen molar-refractivity contribution >= 4 is 39.1 Å². The Labute approximate surface area is 166 Å². The molecule has 1 atom stereocenters. The van der Waals surface area contributed by atoms with Crippen LogP contribution < -0.4 is 5.56 Å². The highest BCUT2D eigenvalue weighted by molar-refractivity contribution is 8.00. The third-order valence-corrected chi connectivity index (χ3v) is 7.54. The van der Waals surface area contributed by atoms with E-state index in [4.69, 9.17) is 4.98 Å². The SMILES string of the molecule is Cc1ccc(C)c(C(=O)C(C)Sc2nc3sc4c(c3c(=O)n2C)CCC4)c1. The van der Waals surface area contributed by atoms with Gasteiger partial charge in [0.05, 0.1) is 10.6 Å². The lowest BCUT2D eigenvalue weighted by Gasteiger charge is -2.14. The zero-order valence-corrected chi connectivity index (χ0v) is 17.6. The molecule has 0 radical (unpaired) electrons. The fourth-order valence-corrected chi connectivity index (χ4v) is 5.89. The summed E-state index contributed by atoms with van der Waals surface area (Å²) >= 11 is 3.00. The predicted molar refractivity (Wildman–Crippen MR) is 112 cm³/mol. The first kappa shape index (κ1) is 18.4. The van der Waals surface area contributed by atoms with Crippen LogP contribution in [0.4, 0.5) is 0 Å². The van der Waals surface area contributed by atoms with Crippen LogP contribution in [0.25, 0.3) is 10.2 Å². The molecule has 3 aromatic rings. The summed E-state index contributed by atoms with van der Waals surface area (Å²) in [4.78, 5) is 32.7. The molecule has 0 bridgehead atoms. The maximum atomic E-state index is 13.0. The van der Waals surface area contributed by atoms with Gasteiger partial charge in [0.2, 0.25) is 0 Å². The van der Waals surface area contributed by atoms with Crippen LogP contribution in [0.2, 0.25) is 0 Å². The molecule has 140 valence electrons. The third-order valence-electron chi connectivity index (χ3n) is 5.22. The van der Waals surface area contributed by atoms with Crippen LogP contribution in [0, 0.1) is 13.8 Å². The van der Waals surface area contributed by atoms with Gasteiger partial charge in [0, 0.05) is 17.5 Å². The molecule has 0 aliphatic heterocycles. The minimum atomic E-state index is -0.312. The fourth-order valence-electron chi connectivity index (χ4n) is 3.64. The van der Waals surface area contributed by atoms with Crippen molar-refractivity contribution in [2.75, 3.05) is 0 Å². The van der Waals surface area contributed by atoms with Crippen molar-refractivity contribution < 1.29 is 4.79 Å². The summed E-state index contributed by atoms with van der Waals surface area (Å²) in [5.74, 6) is 0.0734. The lowest BCUT2D eigenvalue weighted by molar-refractivity contribution is 0.0993. The number of aromatic nitrogens is 2. The van der Waals surface area contributed by atoms with E-state index in [1.165, 1.54) is 22.2 Å². The van der Waals surface area contributed by atoms with E-state index in [2.05, 4.69) is 0 Å². The van der Waals surface area contributed by atoms with Crippen molar-refractivity contribution in [2.45, 2.75) is 50.4 Å². The molecule has 0 fully saturated rings. The van der Waals surface area contributed by atoms with Crippen molar-refractivity contribution in [3.8, 4) is 0 Å².